The van der Waals surface area contributed by atoms with Crippen molar-refractivity contribution in [1.29, 1.82) is 0 Å². The van der Waals surface area contributed by atoms with Gasteiger partial charge in [-0.1, -0.05) is 17.7 Å². The molecule has 1 aliphatic heterocycles. The van der Waals surface area contributed by atoms with Crippen LogP contribution >= 0.6 is 11.6 Å². The van der Waals surface area contributed by atoms with Crippen molar-refractivity contribution in [2.75, 3.05) is 0 Å². The monoisotopic (exact) mass is 211 g/mol. The number of rotatable bonds is 0. The van der Waals surface area contributed by atoms with E-state index in [0.717, 1.165) is 23.3 Å². The molecule has 0 spiro atoms. The average molecular weight is 212 g/mol. The van der Waals surface area contributed by atoms with Gasteiger partial charge >= 0.3 is 0 Å². The molecule has 0 aliphatic carbocycles. The van der Waals surface area contributed by atoms with Gasteiger partial charge in [0.05, 0.1) is 11.1 Å². The number of ether oxygens (including phenoxy) is 1. The van der Waals surface area contributed by atoms with Gasteiger partial charge in [-0.15, -0.1) is 0 Å². The van der Waals surface area contributed by atoms with Crippen LogP contribution in [0.5, 0.6) is 5.75 Å². The summed E-state index contributed by atoms with van der Waals surface area (Å²) in [4.78, 5) is 0. The van der Waals surface area contributed by atoms with Crippen molar-refractivity contribution in [2.24, 2.45) is 5.73 Å². The molecule has 2 N–H and O–H groups in total. The quantitative estimate of drug-likeness (QED) is 0.716. The summed E-state index contributed by atoms with van der Waals surface area (Å²) in [5.74, 6) is 0.776. The van der Waals surface area contributed by atoms with Gasteiger partial charge in [0.1, 0.15) is 5.75 Å². The first-order valence-electron chi connectivity index (χ1n) is 4.81. The normalized spacial score (nSPS) is 25.4. The van der Waals surface area contributed by atoms with Crippen molar-refractivity contribution in [3.63, 3.8) is 0 Å². The second-order valence-electron chi connectivity index (χ2n) is 3.88. The first kappa shape index (κ1) is 9.81. The molecule has 0 bridgehead atoms. The van der Waals surface area contributed by atoms with E-state index < -0.39 is 0 Å². The minimum absolute atomic E-state index is 0.0486. The molecule has 2 unspecified atom stereocenters. The largest absolute Gasteiger partial charge is 0.489 e. The van der Waals surface area contributed by atoms with E-state index in [1.165, 1.54) is 0 Å². The summed E-state index contributed by atoms with van der Waals surface area (Å²) in [6, 6.07) is 3.90. The second kappa shape index (κ2) is 3.44. The Kier molecular flexibility index (Phi) is 2.41. The summed E-state index contributed by atoms with van der Waals surface area (Å²) >= 11 is 6.06. The highest BCUT2D eigenvalue weighted by atomic mass is 35.5. The van der Waals surface area contributed by atoms with Gasteiger partial charge in [0.25, 0.3) is 0 Å². The number of fused-ring (bicyclic) bond motifs is 1. The van der Waals surface area contributed by atoms with Crippen molar-refractivity contribution < 1.29 is 4.74 Å². The fourth-order valence-electron chi connectivity index (χ4n) is 1.98. The van der Waals surface area contributed by atoms with E-state index in [4.69, 9.17) is 22.1 Å². The maximum atomic E-state index is 6.07. The Labute approximate surface area is 89.0 Å². The van der Waals surface area contributed by atoms with Crippen LogP contribution in [0.25, 0.3) is 0 Å². The van der Waals surface area contributed by atoms with E-state index in [1.54, 1.807) is 0 Å². The smallest absolute Gasteiger partial charge is 0.143 e. The minimum atomic E-state index is 0.0486. The van der Waals surface area contributed by atoms with Gasteiger partial charge in [0.15, 0.2) is 0 Å². The lowest BCUT2D eigenvalue weighted by Gasteiger charge is -2.30. The molecule has 1 aromatic carbocycles. The zero-order chi connectivity index (χ0) is 10.3. The van der Waals surface area contributed by atoms with Crippen LogP contribution in [-0.4, -0.2) is 6.10 Å². The fraction of sp³-hybridized carbons (Fsp3) is 0.455. The molecule has 0 saturated carbocycles. The predicted molar refractivity (Wildman–Crippen MR) is 57.8 cm³/mol. The third kappa shape index (κ3) is 1.49. The van der Waals surface area contributed by atoms with E-state index in [-0.39, 0.29) is 12.1 Å². The molecular formula is C11H14ClNO. The highest BCUT2D eigenvalue weighted by Crippen LogP contribution is 2.40. The lowest BCUT2D eigenvalue weighted by Crippen LogP contribution is -2.28. The average Bonchev–Trinajstić information content (AvgIpc) is 2.10. The first-order valence-corrected chi connectivity index (χ1v) is 5.18. The van der Waals surface area contributed by atoms with Crippen molar-refractivity contribution in [3.05, 3.63) is 28.3 Å². The Morgan fingerprint density at radius 3 is 2.93 bits per heavy atom. The summed E-state index contributed by atoms with van der Waals surface area (Å²) in [5, 5.41) is 0.660. The van der Waals surface area contributed by atoms with E-state index in [0.29, 0.717) is 5.02 Å². The van der Waals surface area contributed by atoms with Gasteiger partial charge in [-0.3, -0.25) is 0 Å². The van der Waals surface area contributed by atoms with Gasteiger partial charge in [0.2, 0.25) is 0 Å². The predicted octanol–water partition coefficient (Wildman–Crippen LogP) is 2.82. The van der Waals surface area contributed by atoms with Gasteiger partial charge in [-0.05, 0) is 25.5 Å². The Balaban J connectivity index is 2.57. The molecule has 76 valence electrons. The molecule has 0 radical (unpaired) electrons. The fourth-order valence-corrected chi connectivity index (χ4v) is 2.19. The number of hydrogen-bond acceptors (Lipinski definition) is 2. The van der Waals surface area contributed by atoms with Crippen molar-refractivity contribution >= 4 is 11.6 Å². The van der Waals surface area contributed by atoms with Gasteiger partial charge in [-0.25, -0.2) is 0 Å². The molecule has 2 rings (SSSR count). The Morgan fingerprint density at radius 1 is 1.50 bits per heavy atom. The lowest BCUT2D eigenvalue weighted by molar-refractivity contribution is 0.177. The van der Waals surface area contributed by atoms with Gasteiger partial charge in [-0.2, -0.15) is 0 Å². The van der Waals surface area contributed by atoms with Crippen LogP contribution in [0.15, 0.2) is 12.1 Å². The van der Waals surface area contributed by atoms with Crippen LogP contribution in [-0.2, 0) is 0 Å². The maximum absolute atomic E-state index is 6.07. The molecule has 0 amide bonds. The van der Waals surface area contributed by atoms with Crippen LogP contribution in [0.3, 0.4) is 0 Å². The van der Waals surface area contributed by atoms with Crippen molar-refractivity contribution in [1.82, 2.24) is 0 Å². The number of benzene rings is 1. The van der Waals surface area contributed by atoms with Crippen LogP contribution in [0.2, 0.25) is 5.02 Å². The molecular weight excluding hydrogens is 198 g/mol. The molecule has 1 aliphatic rings. The lowest BCUT2D eigenvalue weighted by atomic mass is 9.94. The number of nitrogens with two attached hydrogens (primary N) is 1. The molecule has 2 atom stereocenters. The van der Waals surface area contributed by atoms with Gasteiger partial charge in [0, 0.05) is 18.0 Å². The third-order valence-corrected chi connectivity index (χ3v) is 2.94. The molecule has 0 aromatic heterocycles. The molecule has 1 aromatic rings. The summed E-state index contributed by atoms with van der Waals surface area (Å²) in [7, 11) is 0. The second-order valence-corrected chi connectivity index (χ2v) is 4.28. The summed E-state index contributed by atoms with van der Waals surface area (Å²) in [6.07, 6.45) is 1.01. The van der Waals surface area contributed by atoms with Crippen LogP contribution in [0.1, 0.15) is 30.5 Å². The summed E-state index contributed by atoms with van der Waals surface area (Å²) in [6.45, 7) is 4.05. The van der Waals surface area contributed by atoms with Gasteiger partial charge < -0.3 is 10.5 Å². The minimum Gasteiger partial charge on any atom is -0.489 e. The number of halogens is 1. The zero-order valence-electron chi connectivity index (χ0n) is 8.38. The molecule has 14 heavy (non-hydrogen) atoms. The summed E-state index contributed by atoms with van der Waals surface area (Å²) < 4.78 is 5.70. The Morgan fingerprint density at radius 2 is 2.21 bits per heavy atom. The molecule has 0 saturated heterocycles. The van der Waals surface area contributed by atoms with Crippen molar-refractivity contribution in [3.8, 4) is 5.75 Å². The molecule has 3 heteroatoms. The maximum Gasteiger partial charge on any atom is 0.143 e. The highest BCUT2D eigenvalue weighted by Gasteiger charge is 2.26. The standard InChI is InChI=1S/C11H14ClNO/c1-6-3-4-8(12)11-10(6)9(13)5-7(2)14-11/h3-4,7,9H,5,13H2,1-2H3. The van der Waals surface area contributed by atoms with Crippen LogP contribution in [0, 0.1) is 6.92 Å². The summed E-state index contributed by atoms with van der Waals surface area (Å²) in [5.41, 5.74) is 8.29. The molecule has 0 fully saturated rings. The number of aryl methyl sites for hydroxylation is 1. The van der Waals surface area contributed by atoms with Crippen molar-refractivity contribution in [2.45, 2.75) is 32.4 Å². The topological polar surface area (TPSA) is 35.2 Å². The zero-order valence-corrected chi connectivity index (χ0v) is 9.14. The highest BCUT2D eigenvalue weighted by molar-refractivity contribution is 6.32. The van der Waals surface area contributed by atoms with E-state index >= 15 is 0 Å². The SMILES string of the molecule is Cc1ccc(Cl)c2c1C(N)CC(C)O2. The van der Waals surface area contributed by atoms with E-state index in [9.17, 15) is 0 Å². The molecule has 1 heterocycles. The Bertz CT molecular complexity index is 365. The van der Waals surface area contributed by atoms with Crippen LogP contribution < -0.4 is 10.5 Å². The first-order chi connectivity index (χ1) is 6.59. The van der Waals surface area contributed by atoms with E-state index in [1.807, 2.05) is 26.0 Å². The van der Waals surface area contributed by atoms with E-state index in [2.05, 4.69) is 0 Å². The van der Waals surface area contributed by atoms with Crippen LogP contribution in [0.4, 0.5) is 0 Å². The third-order valence-electron chi connectivity index (χ3n) is 2.64. The molecule has 2 nitrogen and oxygen atoms in total. The Hall–Kier alpha value is -0.730. The number of hydrogen-bond donors (Lipinski definition) is 1.